The van der Waals surface area contributed by atoms with Gasteiger partial charge in [-0.1, -0.05) is 12.1 Å². The van der Waals surface area contributed by atoms with Crippen LogP contribution < -0.4 is 0 Å². The van der Waals surface area contributed by atoms with Gasteiger partial charge in [-0.05, 0) is 12.1 Å². The van der Waals surface area contributed by atoms with E-state index in [1.165, 1.54) is 6.07 Å². The molecule has 0 heterocycles. The molecule has 0 aliphatic heterocycles. The minimum absolute atomic E-state index is 0.303. The summed E-state index contributed by atoms with van der Waals surface area (Å²) < 4.78 is 65.9. The smallest absolute Gasteiger partial charge is 0.163 e. The van der Waals surface area contributed by atoms with Crippen LogP contribution in [0.15, 0.2) is 30.3 Å². The van der Waals surface area contributed by atoms with E-state index >= 15 is 0 Å². The minimum Gasteiger partial charge on any atom is -0.207 e. The molecule has 0 nitrogen and oxygen atoms in total. The first-order valence-electron chi connectivity index (χ1n) is 5.14. The molecule has 0 fully saturated rings. The highest BCUT2D eigenvalue weighted by atomic mass is 35.5. The fraction of sp³-hybridized carbons (Fsp3) is 0.0769. The van der Waals surface area contributed by atoms with Gasteiger partial charge in [0.15, 0.2) is 23.3 Å². The van der Waals surface area contributed by atoms with Gasteiger partial charge < -0.3 is 0 Å². The molecule has 0 spiro atoms. The standard InChI is InChI=1S/C13H6ClF5/c14-12(6-2-1-3-8(15)13(6)19)7-4-10(17)11(18)5-9(7)16/h1-5,12H. The predicted molar refractivity (Wildman–Crippen MR) is 60.4 cm³/mol. The summed E-state index contributed by atoms with van der Waals surface area (Å²) in [7, 11) is 0. The van der Waals surface area contributed by atoms with Crippen molar-refractivity contribution >= 4 is 11.6 Å². The van der Waals surface area contributed by atoms with Crippen LogP contribution in [0, 0.1) is 29.1 Å². The van der Waals surface area contributed by atoms with Crippen molar-refractivity contribution in [2.45, 2.75) is 5.38 Å². The number of hydrogen-bond donors (Lipinski definition) is 0. The average molecular weight is 293 g/mol. The fourth-order valence-electron chi connectivity index (χ4n) is 1.62. The van der Waals surface area contributed by atoms with Gasteiger partial charge in [0.1, 0.15) is 5.82 Å². The van der Waals surface area contributed by atoms with Crippen molar-refractivity contribution in [1.82, 2.24) is 0 Å². The van der Waals surface area contributed by atoms with E-state index in [-0.39, 0.29) is 5.56 Å². The van der Waals surface area contributed by atoms with E-state index in [9.17, 15) is 22.0 Å². The lowest BCUT2D eigenvalue weighted by molar-refractivity contribution is 0.486. The minimum atomic E-state index is -1.47. The normalized spacial score (nSPS) is 12.5. The first-order chi connectivity index (χ1) is 8.91. The van der Waals surface area contributed by atoms with E-state index in [2.05, 4.69) is 0 Å². The highest BCUT2D eigenvalue weighted by molar-refractivity contribution is 6.22. The third-order valence-electron chi connectivity index (χ3n) is 2.57. The number of hydrogen-bond acceptors (Lipinski definition) is 0. The van der Waals surface area contributed by atoms with Crippen LogP contribution in [-0.4, -0.2) is 0 Å². The van der Waals surface area contributed by atoms with Crippen LogP contribution in [0.4, 0.5) is 22.0 Å². The van der Waals surface area contributed by atoms with Crippen LogP contribution in [0.3, 0.4) is 0 Å². The van der Waals surface area contributed by atoms with Gasteiger partial charge in [0.25, 0.3) is 0 Å². The maximum absolute atomic E-state index is 13.5. The summed E-state index contributed by atoms with van der Waals surface area (Å²) in [5, 5.41) is -1.47. The zero-order valence-corrected chi connectivity index (χ0v) is 9.99. The van der Waals surface area contributed by atoms with Gasteiger partial charge in [-0.2, -0.15) is 0 Å². The highest BCUT2D eigenvalue weighted by Gasteiger charge is 2.22. The van der Waals surface area contributed by atoms with Crippen molar-refractivity contribution in [2.24, 2.45) is 0 Å². The summed E-state index contributed by atoms with van der Waals surface area (Å²) in [5.74, 6) is -6.26. The van der Waals surface area contributed by atoms with Crippen LogP contribution in [0.25, 0.3) is 0 Å². The molecule has 0 bridgehead atoms. The van der Waals surface area contributed by atoms with Crippen molar-refractivity contribution < 1.29 is 22.0 Å². The highest BCUT2D eigenvalue weighted by Crippen LogP contribution is 2.33. The molecular formula is C13H6ClF5. The Morgan fingerprint density at radius 2 is 1.37 bits per heavy atom. The van der Waals surface area contributed by atoms with E-state index in [0.717, 1.165) is 12.1 Å². The molecule has 100 valence electrons. The Labute approximate surface area is 110 Å². The molecule has 6 heteroatoms. The fourth-order valence-corrected chi connectivity index (χ4v) is 1.95. The SMILES string of the molecule is Fc1cc(F)c(C(Cl)c2cccc(F)c2F)cc1F. The largest absolute Gasteiger partial charge is 0.207 e. The van der Waals surface area contributed by atoms with Crippen molar-refractivity contribution in [1.29, 1.82) is 0 Å². The first-order valence-corrected chi connectivity index (χ1v) is 5.58. The van der Waals surface area contributed by atoms with Crippen LogP contribution >= 0.6 is 11.6 Å². The van der Waals surface area contributed by atoms with Crippen molar-refractivity contribution in [2.75, 3.05) is 0 Å². The molecule has 0 aliphatic carbocycles. The van der Waals surface area contributed by atoms with Gasteiger partial charge in [0.2, 0.25) is 0 Å². The Balaban J connectivity index is 2.53. The zero-order chi connectivity index (χ0) is 14.2. The lowest BCUT2D eigenvalue weighted by Gasteiger charge is -2.13. The van der Waals surface area contributed by atoms with E-state index in [1.54, 1.807) is 0 Å². The molecule has 0 aliphatic rings. The Kier molecular flexibility index (Phi) is 3.75. The van der Waals surface area contributed by atoms with Gasteiger partial charge in [0.05, 0.1) is 5.38 Å². The second kappa shape index (κ2) is 5.17. The van der Waals surface area contributed by atoms with E-state index in [1.807, 2.05) is 0 Å². The molecule has 2 rings (SSSR count). The summed E-state index contributed by atoms with van der Waals surface area (Å²) in [5.41, 5.74) is -0.823. The summed E-state index contributed by atoms with van der Waals surface area (Å²) in [6, 6.07) is 4.01. The Hall–Kier alpha value is -1.62. The summed E-state index contributed by atoms with van der Waals surface area (Å²) in [6.07, 6.45) is 0. The van der Waals surface area contributed by atoms with Crippen molar-refractivity contribution in [3.63, 3.8) is 0 Å². The molecule has 0 amide bonds. The summed E-state index contributed by atoms with van der Waals surface area (Å²) >= 11 is 5.80. The number of halogens is 6. The third-order valence-corrected chi connectivity index (χ3v) is 3.04. The molecule has 0 N–H and O–H groups in total. The van der Waals surface area contributed by atoms with Crippen LogP contribution in [0.1, 0.15) is 16.5 Å². The van der Waals surface area contributed by atoms with E-state index in [0.29, 0.717) is 12.1 Å². The number of benzene rings is 2. The topological polar surface area (TPSA) is 0 Å². The molecule has 19 heavy (non-hydrogen) atoms. The molecule has 0 radical (unpaired) electrons. The van der Waals surface area contributed by atoms with Gasteiger partial charge in [0, 0.05) is 17.2 Å². The molecule has 2 aromatic rings. The van der Waals surface area contributed by atoms with E-state index in [4.69, 9.17) is 11.6 Å². The molecule has 1 unspecified atom stereocenters. The second-order valence-corrected chi connectivity index (χ2v) is 4.23. The second-order valence-electron chi connectivity index (χ2n) is 3.79. The summed E-state index contributed by atoms with van der Waals surface area (Å²) in [4.78, 5) is 0. The lowest BCUT2D eigenvalue weighted by atomic mass is 10.0. The number of rotatable bonds is 2. The van der Waals surface area contributed by atoms with Gasteiger partial charge in [-0.3, -0.25) is 0 Å². The molecular weight excluding hydrogens is 287 g/mol. The third kappa shape index (κ3) is 2.56. The maximum Gasteiger partial charge on any atom is 0.163 e. The van der Waals surface area contributed by atoms with Gasteiger partial charge in [-0.25, -0.2) is 22.0 Å². The van der Waals surface area contributed by atoms with Crippen LogP contribution in [0.5, 0.6) is 0 Å². The van der Waals surface area contributed by atoms with Crippen molar-refractivity contribution in [3.8, 4) is 0 Å². The molecule has 0 saturated carbocycles. The van der Waals surface area contributed by atoms with Gasteiger partial charge >= 0.3 is 0 Å². The Bertz CT molecular complexity index is 627. The molecule has 0 aromatic heterocycles. The lowest BCUT2D eigenvalue weighted by Crippen LogP contribution is -2.03. The first kappa shape index (κ1) is 13.8. The Morgan fingerprint density at radius 3 is 2.05 bits per heavy atom. The zero-order valence-electron chi connectivity index (χ0n) is 9.23. The average Bonchev–Trinajstić information content (AvgIpc) is 2.36. The summed E-state index contributed by atoms with van der Waals surface area (Å²) in [6.45, 7) is 0. The molecule has 1 atom stereocenters. The van der Waals surface area contributed by atoms with Crippen LogP contribution in [0.2, 0.25) is 0 Å². The quantitative estimate of drug-likeness (QED) is 0.427. The maximum atomic E-state index is 13.5. The monoisotopic (exact) mass is 292 g/mol. The predicted octanol–water partition coefficient (Wildman–Crippen LogP) is 4.71. The van der Waals surface area contributed by atoms with Crippen molar-refractivity contribution in [3.05, 3.63) is 70.5 Å². The van der Waals surface area contributed by atoms with Crippen LogP contribution in [-0.2, 0) is 0 Å². The molecule has 0 saturated heterocycles. The van der Waals surface area contributed by atoms with E-state index < -0.39 is 40.0 Å². The van der Waals surface area contributed by atoms with Gasteiger partial charge in [-0.15, -0.1) is 11.6 Å². The Morgan fingerprint density at radius 1 is 0.737 bits per heavy atom. The number of alkyl halides is 1. The molecule has 2 aromatic carbocycles.